The van der Waals surface area contributed by atoms with Gasteiger partial charge >= 0.3 is 5.97 Å². The van der Waals surface area contributed by atoms with Crippen LogP contribution in [0.15, 0.2) is 18.3 Å². The van der Waals surface area contributed by atoms with E-state index in [1.807, 2.05) is 6.07 Å². The lowest BCUT2D eigenvalue weighted by Gasteiger charge is -2.26. The van der Waals surface area contributed by atoms with Crippen molar-refractivity contribution in [2.45, 2.75) is 39.8 Å². The maximum absolute atomic E-state index is 10.8. The van der Waals surface area contributed by atoms with Gasteiger partial charge in [0.25, 0.3) is 0 Å². The molecule has 1 rings (SSSR count). The van der Waals surface area contributed by atoms with E-state index in [4.69, 9.17) is 5.11 Å². The van der Waals surface area contributed by atoms with Crippen molar-refractivity contribution in [2.75, 3.05) is 7.05 Å². The maximum atomic E-state index is 10.8. The average Bonchev–Trinajstić information content (AvgIpc) is 2.28. The third kappa shape index (κ3) is 4.45. The normalized spacial score (nSPS) is 13.0. The molecule has 0 aliphatic heterocycles. The molecular weight excluding hydrogens is 228 g/mol. The highest BCUT2D eigenvalue weighted by molar-refractivity contribution is 5.85. The van der Waals surface area contributed by atoms with E-state index >= 15 is 0 Å². The molecule has 0 fully saturated rings. The number of aromatic nitrogens is 1. The summed E-state index contributed by atoms with van der Waals surface area (Å²) in [6.07, 6.45) is 2.69. The van der Waals surface area contributed by atoms with Gasteiger partial charge in [0.15, 0.2) is 0 Å². The van der Waals surface area contributed by atoms with Crippen LogP contribution < -0.4 is 0 Å². The minimum absolute atomic E-state index is 0.109. The van der Waals surface area contributed by atoms with Crippen molar-refractivity contribution in [1.29, 1.82) is 0 Å². The first-order valence-electron chi connectivity index (χ1n) is 6.28. The van der Waals surface area contributed by atoms with Crippen LogP contribution in [0.3, 0.4) is 0 Å². The van der Waals surface area contributed by atoms with Crippen LogP contribution >= 0.6 is 0 Å². The lowest BCUT2D eigenvalue weighted by Crippen LogP contribution is -2.29. The molecule has 100 valence electrons. The predicted molar refractivity (Wildman–Crippen MR) is 71.6 cm³/mol. The molecule has 0 spiro atoms. The fourth-order valence-corrected chi connectivity index (χ4v) is 2.00. The zero-order chi connectivity index (χ0) is 13.7. The summed E-state index contributed by atoms with van der Waals surface area (Å²) >= 11 is 0. The van der Waals surface area contributed by atoms with Gasteiger partial charge in [0, 0.05) is 18.8 Å². The Morgan fingerprint density at radius 3 is 2.67 bits per heavy atom. The molecule has 1 heterocycles. The summed E-state index contributed by atoms with van der Waals surface area (Å²) in [5.41, 5.74) is 1.10. The highest BCUT2D eigenvalue weighted by Crippen LogP contribution is 2.13. The first-order valence-corrected chi connectivity index (χ1v) is 6.28. The minimum atomic E-state index is -0.977. The molecule has 18 heavy (non-hydrogen) atoms. The topological polar surface area (TPSA) is 53.4 Å². The smallest absolute Gasteiger partial charge is 0.354 e. The molecule has 0 saturated carbocycles. The molecule has 0 aliphatic carbocycles. The van der Waals surface area contributed by atoms with Crippen molar-refractivity contribution >= 4 is 5.97 Å². The van der Waals surface area contributed by atoms with E-state index in [-0.39, 0.29) is 5.69 Å². The zero-order valence-corrected chi connectivity index (χ0v) is 11.6. The number of carbonyl (C=O) groups is 1. The molecule has 1 N–H and O–H groups in total. The highest BCUT2D eigenvalue weighted by atomic mass is 16.4. The van der Waals surface area contributed by atoms with Gasteiger partial charge in [-0.15, -0.1) is 0 Å². The van der Waals surface area contributed by atoms with Crippen LogP contribution in [0.5, 0.6) is 0 Å². The number of rotatable bonds is 6. The van der Waals surface area contributed by atoms with Crippen LogP contribution in [0.2, 0.25) is 0 Å². The van der Waals surface area contributed by atoms with Crippen LogP contribution in [0, 0.1) is 5.92 Å². The number of carboxylic acids is 1. The van der Waals surface area contributed by atoms with Crippen LogP contribution in [0.1, 0.15) is 43.2 Å². The molecule has 1 unspecified atom stereocenters. The number of hydrogen-bond acceptors (Lipinski definition) is 3. The largest absolute Gasteiger partial charge is 0.477 e. The van der Waals surface area contributed by atoms with Crippen molar-refractivity contribution in [2.24, 2.45) is 5.92 Å². The molecule has 4 nitrogen and oxygen atoms in total. The van der Waals surface area contributed by atoms with Gasteiger partial charge in [-0.3, -0.25) is 4.90 Å². The average molecular weight is 250 g/mol. The number of aromatic carboxylic acids is 1. The van der Waals surface area contributed by atoms with E-state index in [2.05, 4.69) is 37.7 Å². The van der Waals surface area contributed by atoms with Crippen molar-refractivity contribution in [3.8, 4) is 0 Å². The first kappa shape index (κ1) is 14.6. The molecule has 0 bridgehead atoms. The standard InChI is InChI=1S/C14H22N2O2/c1-10(2)7-11(3)16(4)9-12-5-6-15-13(8-12)14(17)18/h5-6,8,10-11H,7,9H2,1-4H3,(H,17,18). The summed E-state index contributed by atoms with van der Waals surface area (Å²) in [6, 6.07) is 3.98. The molecule has 1 aromatic heterocycles. The first-order chi connectivity index (χ1) is 8.40. The second kappa shape index (κ2) is 6.50. The summed E-state index contributed by atoms with van der Waals surface area (Å²) in [5.74, 6) is -0.316. The number of hydrogen-bond donors (Lipinski definition) is 1. The fourth-order valence-electron chi connectivity index (χ4n) is 2.00. The Hall–Kier alpha value is -1.42. The summed E-state index contributed by atoms with van der Waals surface area (Å²) in [6.45, 7) is 7.36. The van der Waals surface area contributed by atoms with Gasteiger partial charge in [-0.1, -0.05) is 13.8 Å². The van der Waals surface area contributed by atoms with E-state index in [9.17, 15) is 4.79 Å². The Labute approximate surface area is 109 Å². The van der Waals surface area contributed by atoms with Crippen LogP contribution in [-0.2, 0) is 6.54 Å². The van der Waals surface area contributed by atoms with E-state index in [0.29, 0.717) is 12.0 Å². The van der Waals surface area contributed by atoms with Crippen molar-refractivity contribution in [3.63, 3.8) is 0 Å². The van der Waals surface area contributed by atoms with Crippen molar-refractivity contribution in [3.05, 3.63) is 29.6 Å². The molecule has 0 aliphatic rings. The fraction of sp³-hybridized carbons (Fsp3) is 0.571. The number of carboxylic acid groups (broad SMARTS) is 1. The molecule has 0 radical (unpaired) electrons. The second-order valence-corrected chi connectivity index (χ2v) is 5.25. The molecule has 0 aromatic carbocycles. The lowest BCUT2D eigenvalue weighted by molar-refractivity contribution is 0.0690. The number of pyridine rings is 1. The molecule has 1 atom stereocenters. The summed E-state index contributed by atoms with van der Waals surface area (Å²) < 4.78 is 0. The van der Waals surface area contributed by atoms with Gasteiger partial charge in [-0.2, -0.15) is 0 Å². The van der Waals surface area contributed by atoms with E-state index < -0.39 is 5.97 Å². The van der Waals surface area contributed by atoms with Gasteiger partial charge in [-0.25, -0.2) is 9.78 Å². The Morgan fingerprint density at radius 2 is 2.11 bits per heavy atom. The van der Waals surface area contributed by atoms with Crippen LogP contribution in [0.4, 0.5) is 0 Å². The third-order valence-corrected chi connectivity index (χ3v) is 3.04. The van der Waals surface area contributed by atoms with Crippen molar-refractivity contribution in [1.82, 2.24) is 9.88 Å². The Morgan fingerprint density at radius 1 is 1.44 bits per heavy atom. The molecule has 0 amide bonds. The van der Waals surface area contributed by atoms with Gasteiger partial charge in [0.05, 0.1) is 0 Å². The van der Waals surface area contributed by atoms with Crippen molar-refractivity contribution < 1.29 is 9.90 Å². The molecule has 4 heteroatoms. The quantitative estimate of drug-likeness (QED) is 0.843. The van der Waals surface area contributed by atoms with E-state index in [0.717, 1.165) is 18.5 Å². The Kier molecular flexibility index (Phi) is 5.28. The SMILES string of the molecule is CC(C)CC(C)N(C)Cc1ccnc(C(=O)O)c1. The summed E-state index contributed by atoms with van der Waals surface area (Å²) in [7, 11) is 2.06. The maximum Gasteiger partial charge on any atom is 0.354 e. The lowest BCUT2D eigenvalue weighted by atomic mass is 10.0. The summed E-state index contributed by atoms with van der Waals surface area (Å²) in [4.78, 5) is 16.9. The molecule has 0 saturated heterocycles. The van der Waals surface area contributed by atoms with Gasteiger partial charge in [0.1, 0.15) is 5.69 Å². The van der Waals surface area contributed by atoms with Crippen LogP contribution in [0.25, 0.3) is 0 Å². The van der Waals surface area contributed by atoms with Gasteiger partial charge in [-0.05, 0) is 44.0 Å². The monoisotopic (exact) mass is 250 g/mol. The molecular formula is C14H22N2O2. The summed E-state index contributed by atoms with van der Waals surface area (Å²) in [5, 5.41) is 8.90. The second-order valence-electron chi connectivity index (χ2n) is 5.25. The zero-order valence-electron chi connectivity index (χ0n) is 11.6. The number of nitrogens with zero attached hydrogens (tertiary/aromatic N) is 2. The predicted octanol–water partition coefficient (Wildman–Crippen LogP) is 2.65. The van der Waals surface area contributed by atoms with Crippen LogP contribution in [-0.4, -0.2) is 34.0 Å². The van der Waals surface area contributed by atoms with Gasteiger partial charge < -0.3 is 5.11 Å². The van der Waals surface area contributed by atoms with E-state index in [1.165, 1.54) is 0 Å². The highest BCUT2D eigenvalue weighted by Gasteiger charge is 2.12. The molecule has 1 aromatic rings. The Bertz CT molecular complexity index is 405. The minimum Gasteiger partial charge on any atom is -0.477 e. The van der Waals surface area contributed by atoms with E-state index in [1.54, 1.807) is 12.3 Å². The Balaban J connectivity index is 2.66. The van der Waals surface area contributed by atoms with Gasteiger partial charge in [0.2, 0.25) is 0 Å². The third-order valence-electron chi connectivity index (χ3n) is 3.04.